The average molecular weight is 384 g/mol. The quantitative estimate of drug-likeness (QED) is 0.817. The van der Waals surface area contributed by atoms with E-state index in [0.717, 1.165) is 24.9 Å². The van der Waals surface area contributed by atoms with E-state index in [1.54, 1.807) is 0 Å². The van der Waals surface area contributed by atoms with Crippen LogP contribution in [0.5, 0.6) is 0 Å². The van der Waals surface area contributed by atoms with Crippen molar-refractivity contribution in [1.29, 1.82) is 0 Å². The predicted molar refractivity (Wildman–Crippen MR) is 105 cm³/mol. The van der Waals surface area contributed by atoms with Crippen LogP contribution < -0.4 is 10.2 Å². The first-order valence-electron chi connectivity index (χ1n) is 10.3. The second-order valence-electron chi connectivity index (χ2n) is 8.69. The summed E-state index contributed by atoms with van der Waals surface area (Å²) in [6.45, 7) is 2.22. The lowest BCUT2D eigenvalue weighted by Crippen LogP contribution is -2.48. The topological polar surface area (TPSA) is 86.7 Å². The highest BCUT2D eigenvalue weighted by molar-refractivity contribution is 6.00. The van der Waals surface area contributed by atoms with Crippen molar-refractivity contribution in [2.75, 3.05) is 11.4 Å². The van der Waals surface area contributed by atoms with Crippen molar-refractivity contribution in [1.82, 2.24) is 5.32 Å². The zero-order valence-electron chi connectivity index (χ0n) is 16.3. The zero-order valence-corrected chi connectivity index (χ0v) is 16.3. The van der Waals surface area contributed by atoms with Crippen molar-refractivity contribution in [2.24, 2.45) is 17.3 Å². The molecule has 2 fully saturated rings. The maximum absolute atomic E-state index is 13.5. The van der Waals surface area contributed by atoms with Crippen molar-refractivity contribution in [3.05, 3.63) is 29.8 Å². The number of fused-ring (bicyclic) bond motifs is 1. The molecule has 3 unspecified atom stereocenters. The summed E-state index contributed by atoms with van der Waals surface area (Å²) in [5, 5.41) is 12.2. The summed E-state index contributed by atoms with van der Waals surface area (Å²) in [4.78, 5) is 39.6. The van der Waals surface area contributed by atoms with E-state index in [9.17, 15) is 19.5 Å². The number of para-hydroxylation sites is 1. The number of nitrogens with one attached hydrogen (secondary N) is 1. The van der Waals surface area contributed by atoms with Crippen LogP contribution in [0.2, 0.25) is 0 Å². The van der Waals surface area contributed by atoms with Gasteiger partial charge in [-0.1, -0.05) is 31.0 Å². The Morgan fingerprint density at radius 3 is 2.50 bits per heavy atom. The molecule has 1 aromatic rings. The van der Waals surface area contributed by atoms with Crippen LogP contribution in [0.4, 0.5) is 5.69 Å². The molecule has 1 aromatic carbocycles. The van der Waals surface area contributed by atoms with E-state index in [2.05, 4.69) is 18.3 Å². The molecule has 1 aliphatic heterocycles. The van der Waals surface area contributed by atoms with Crippen molar-refractivity contribution >= 4 is 23.5 Å². The van der Waals surface area contributed by atoms with Gasteiger partial charge in [-0.05, 0) is 50.7 Å². The van der Waals surface area contributed by atoms with Crippen LogP contribution in [0.25, 0.3) is 0 Å². The minimum atomic E-state index is -0.841. The third-order valence-electron chi connectivity index (χ3n) is 6.77. The summed E-state index contributed by atoms with van der Waals surface area (Å²) in [5.41, 5.74) is 1.36. The van der Waals surface area contributed by atoms with Crippen LogP contribution in [-0.4, -0.2) is 35.5 Å². The number of amides is 2. The monoisotopic (exact) mass is 384 g/mol. The number of carbonyl (C=O) groups excluding carboxylic acids is 2. The van der Waals surface area contributed by atoms with Crippen LogP contribution in [0.1, 0.15) is 51.0 Å². The first-order chi connectivity index (χ1) is 13.4. The van der Waals surface area contributed by atoms with Gasteiger partial charge in [0.05, 0.1) is 11.3 Å². The van der Waals surface area contributed by atoms with Gasteiger partial charge in [0.15, 0.2) is 0 Å². The third-order valence-corrected chi connectivity index (χ3v) is 6.77. The number of hydrogen-bond acceptors (Lipinski definition) is 3. The van der Waals surface area contributed by atoms with E-state index < -0.39 is 11.4 Å². The molecular weight excluding hydrogens is 356 g/mol. The van der Waals surface area contributed by atoms with Crippen LogP contribution in [0, 0.1) is 17.3 Å². The fourth-order valence-corrected chi connectivity index (χ4v) is 4.82. The Balaban J connectivity index is 1.48. The summed E-state index contributed by atoms with van der Waals surface area (Å²) in [5.74, 6) is -1.66. The summed E-state index contributed by atoms with van der Waals surface area (Å²) in [7, 11) is 0. The second kappa shape index (κ2) is 7.22. The number of benzene rings is 1. The van der Waals surface area contributed by atoms with Gasteiger partial charge >= 0.3 is 5.97 Å². The van der Waals surface area contributed by atoms with Crippen LogP contribution in [-0.2, 0) is 20.8 Å². The number of nitrogens with zero attached hydrogens (tertiary/aromatic N) is 1. The molecule has 3 atom stereocenters. The molecule has 6 heteroatoms. The molecule has 0 radical (unpaired) electrons. The molecule has 2 N–H and O–H groups in total. The Morgan fingerprint density at radius 2 is 1.82 bits per heavy atom. The Labute approximate surface area is 165 Å². The van der Waals surface area contributed by atoms with E-state index in [0.29, 0.717) is 25.7 Å². The molecule has 28 heavy (non-hydrogen) atoms. The molecule has 0 saturated heterocycles. The molecule has 2 amide bonds. The van der Waals surface area contributed by atoms with Gasteiger partial charge in [0, 0.05) is 24.2 Å². The number of carboxylic acids is 1. The van der Waals surface area contributed by atoms with Gasteiger partial charge in [-0.15, -0.1) is 0 Å². The molecule has 6 nitrogen and oxygen atoms in total. The molecule has 0 spiro atoms. The summed E-state index contributed by atoms with van der Waals surface area (Å²) < 4.78 is 0. The molecule has 2 aliphatic carbocycles. The largest absolute Gasteiger partial charge is 0.481 e. The number of anilines is 1. The molecule has 0 aromatic heterocycles. The van der Waals surface area contributed by atoms with E-state index in [-0.39, 0.29) is 36.2 Å². The van der Waals surface area contributed by atoms with Crippen LogP contribution in [0.3, 0.4) is 0 Å². The third kappa shape index (κ3) is 3.29. The number of rotatable bonds is 5. The lowest BCUT2D eigenvalue weighted by Gasteiger charge is -2.34. The molecule has 3 aliphatic rings. The van der Waals surface area contributed by atoms with E-state index in [1.165, 1.54) is 5.56 Å². The smallest absolute Gasteiger partial charge is 0.311 e. The fraction of sp³-hybridized carbons (Fsp3) is 0.591. The van der Waals surface area contributed by atoms with Crippen LogP contribution in [0.15, 0.2) is 24.3 Å². The van der Waals surface area contributed by atoms with Gasteiger partial charge in [0.1, 0.15) is 0 Å². The van der Waals surface area contributed by atoms with Crippen molar-refractivity contribution in [2.45, 2.75) is 57.9 Å². The van der Waals surface area contributed by atoms with Gasteiger partial charge in [-0.2, -0.15) is 0 Å². The SMILES string of the molecule is CC1Cc2ccccc2N1C(=O)C1CCCCC1C(=O)NCC1(C(=O)O)CC1. The Morgan fingerprint density at radius 1 is 1.14 bits per heavy atom. The van der Waals surface area contributed by atoms with Gasteiger partial charge in [0.25, 0.3) is 0 Å². The van der Waals surface area contributed by atoms with E-state index in [4.69, 9.17) is 0 Å². The van der Waals surface area contributed by atoms with E-state index in [1.807, 2.05) is 23.1 Å². The van der Waals surface area contributed by atoms with Crippen molar-refractivity contribution < 1.29 is 19.5 Å². The summed E-state index contributed by atoms with van der Waals surface area (Å²) >= 11 is 0. The fourth-order valence-electron chi connectivity index (χ4n) is 4.82. The lowest BCUT2D eigenvalue weighted by molar-refractivity contribution is -0.143. The number of carboxylic acid groups (broad SMARTS) is 1. The first kappa shape index (κ1) is 19.0. The summed E-state index contributed by atoms with van der Waals surface area (Å²) in [6, 6.07) is 8.08. The molecule has 150 valence electrons. The first-order valence-corrected chi connectivity index (χ1v) is 10.3. The Kier molecular flexibility index (Phi) is 4.89. The zero-order chi connectivity index (χ0) is 19.9. The van der Waals surface area contributed by atoms with Gasteiger partial charge in [-0.3, -0.25) is 14.4 Å². The lowest BCUT2D eigenvalue weighted by atomic mass is 9.77. The highest BCUT2D eigenvalue weighted by Gasteiger charge is 2.51. The molecule has 2 saturated carbocycles. The second-order valence-corrected chi connectivity index (χ2v) is 8.69. The van der Waals surface area contributed by atoms with Gasteiger partial charge in [-0.25, -0.2) is 0 Å². The minimum absolute atomic E-state index is 0.0386. The molecule has 4 rings (SSSR count). The maximum Gasteiger partial charge on any atom is 0.311 e. The molecule has 1 heterocycles. The number of hydrogen-bond donors (Lipinski definition) is 2. The highest BCUT2D eigenvalue weighted by atomic mass is 16.4. The summed E-state index contributed by atoms with van der Waals surface area (Å²) in [6.07, 6.45) is 5.34. The Bertz CT molecular complexity index is 801. The average Bonchev–Trinajstić information content (AvgIpc) is 3.42. The van der Waals surface area contributed by atoms with Gasteiger partial charge in [0.2, 0.25) is 11.8 Å². The van der Waals surface area contributed by atoms with Crippen molar-refractivity contribution in [3.8, 4) is 0 Å². The normalized spacial score (nSPS) is 27.8. The molecular formula is C22H28N2O4. The van der Waals surface area contributed by atoms with Gasteiger partial charge < -0.3 is 15.3 Å². The van der Waals surface area contributed by atoms with Crippen molar-refractivity contribution in [3.63, 3.8) is 0 Å². The van der Waals surface area contributed by atoms with Crippen LogP contribution >= 0.6 is 0 Å². The predicted octanol–water partition coefficient (Wildman–Crippen LogP) is 2.75. The standard InChI is InChI=1S/C22H28N2O4/c1-14-12-15-6-2-5-9-18(15)24(14)20(26)17-8-4-3-7-16(17)19(25)23-13-22(10-11-22)21(27)28/h2,5-6,9,14,16-17H,3-4,7-8,10-13H2,1H3,(H,23,25)(H,27,28). The highest BCUT2D eigenvalue weighted by Crippen LogP contribution is 2.45. The number of aliphatic carboxylic acids is 1. The number of carbonyl (C=O) groups is 3. The maximum atomic E-state index is 13.5. The van der Waals surface area contributed by atoms with E-state index >= 15 is 0 Å². The molecule has 0 bridgehead atoms. The minimum Gasteiger partial charge on any atom is -0.481 e. The Hall–Kier alpha value is -2.37.